The van der Waals surface area contributed by atoms with Gasteiger partial charge in [0.2, 0.25) is 0 Å². The third-order valence-corrected chi connectivity index (χ3v) is 2.96. The number of nitrogens with two attached hydrogens (primary N) is 1. The Balaban J connectivity index is 2.48. The molecule has 1 amide bonds. The molecule has 0 aliphatic heterocycles. The summed E-state index contributed by atoms with van der Waals surface area (Å²) in [6.07, 6.45) is 1.16. The molecule has 2 rings (SSSR count). The molecule has 0 spiro atoms. The molecule has 2 N–H and O–H groups in total. The van der Waals surface area contributed by atoms with Crippen LogP contribution in [-0.4, -0.2) is 10.8 Å². The molecular weight excluding hydrogens is 310 g/mol. The van der Waals surface area contributed by atoms with Crippen LogP contribution in [-0.2, 0) is 4.79 Å². The van der Waals surface area contributed by atoms with Gasteiger partial charge in [0.25, 0.3) is 11.6 Å². The number of nitro groups is 1. The molecule has 0 atom stereocenters. The Bertz CT molecular complexity index is 833. The minimum Gasteiger partial charge on any atom is -0.456 e. The van der Waals surface area contributed by atoms with E-state index in [-0.39, 0.29) is 33.4 Å². The quantitative estimate of drug-likeness (QED) is 0.402. The van der Waals surface area contributed by atoms with Gasteiger partial charge in [0, 0.05) is 17.2 Å². The van der Waals surface area contributed by atoms with Crippen molar-refractivity contribution in [2.75, 3.05) is 0 Å². The Labute approximate surface area is 129 Å². The molecule has 0 bridgehead atoms. The van der Waals surface area contributed by atoms with Gasteiger partial charge in [-0.05, 0) is 24.3 Å². The minimum absolute atomic E-state index is 0.176. The maximum Gasteiger partial charge on any atom is 0.281 e. The van der Waals surface area contributed by atoms with Crippen molar-refractivity contribution in [1.82, 2.24) is 0 Å². The summed E-state index contributed by atoms with van der Waals surface area (Å²) in [5.74, 6) is -0.510. The Morgan fingerprint density at radius 1 is 1.41 bits per heavy atom. The lowest BCUT2D eigenvalue weighted by Gasteiger charge is -2.00. The highest BCUT2D eigenvalue weighted by Gasteiger charge is 2.18. The van der Waals surface area contributed by atoms with Crippen LogP contribution in [0.2, 0.25) is 5.02 Å². The van der Waals surface area contributed by atoms with Crippen molar-refractivity contribution < 1.29 is 14.1 Å². The smallest absolute Gasteiger partial charge is 0.281 e. The second-order valence-electron chi connectivity index (χ2n) is 4.15. The second kappa shape index (κ2) is 6.11. The average Bonchev–Trinajstić information content (AvgIpc) is 2.92. The molecule has 0 saturated carbocycles. The Hall–Kier alpha value is -3.11. The van der Waals surface area contributed by atoms with E-state index >= 15 is 0 Å². The molecule has 22 heavy (non-hydrogen) atoms. The van der Waals surface area contributed by atoms with Gasteiger partial charge in [-0.2, -0.15) is 5.26 Å². The highest BCUT2D eigenvalue weighted by molar-refractivity contribution is 6.30. The fraction of sp³-hybridized carbons (Fsp3) is 0. The number of hydrogen-bond donors (Lipinski definition) is 1. The molecule has 110 valence electrons. The van der Waals surface area contributed by atoms with Crippen LogP contribution in [0.3, 0.4) is 0 Å². The SMILES string of the molecule is N#CC(=Cc1ccc(-c2ccc(Cl)cc2[N+](=O)[O-])o1)C(N)=O. The Kier molecular flexibility index (Phi) is 4.25. The number of benzene rings is 1. The number of rotatable bonds is 4. The topological polar surface area (TPSA) is 123 Å². The van der Waals surface area contributed by atoms with Crippen LogP contribution in [0.1, 0.15) is 5.76 Å². The molecule has 0 unspecified atom stereocenters. The van der Waals surface area contributed by atoms with E-state index in [4.69, 9.17) is 27.0 Å². The maximum atomic E-state index is 11.1. The standard InChI is InChI=1S/C14H8ClN3O4/c15-9-1-3-11(12(6-9)18(20)21)13-4-2-10(22-13)5-8(7-16)14(17)19/h1-6H,(H2,17,19). The fourth-order valence-corrected chi connectivity index (χ4v) is 1.91. The molecule has 0 aliphatic carbocycles. The lowest BCUT2D eigenvalue weighted by atomic mass is 10.1. The molecule has 1 heterocycles. The zero-order chi connectivity index (χ0) is 16.3. The number of carbonyl (C=O) groups excluding carboxylic acids is 1. The monoisotopic (exact) mass is 317 g/mol. The van der Waals surface area contributed by atoms with Crippen LogP contribution in [0.15, 0.2) is 40.3 Å². The summed E-state index contributed by atoms with van der Waals surface area (Å²) in [7, 11) is 0. The second-order valence-corrected chi connectivity index (χ2v) is 4.59. The van der Waals surface area contributed by atoms with E-state index < -0.39 is 10.8 Å². The van der Waals surface area contributed by atoms with Crippen molar-refractivity contribution in [2.45, 2.75) is 0 Å². The fourth-order valence-electron chi connectivity index (χ4n) is 1.74. The van der Waals surface area contributed by atoms with Crippen molar-refractivity contribution in [3.63, 3.8) is 0 Å². The van der Waals surface area contributed by atoms with Crippen LogP contribution in [0.4, 0.5) is 5.69 Å². The van der Waals surface area contributed by atoms with Crippen LogP contribution < -0.4 is 5.73 Å². The first-order chi connectivity index (χ1) is 10.4. The van der Waals surface area contributed by atoms with Crippen LogP contribution in [0.5, 0.6) is 0 Å². The van der Waals surface area contributed by atoms with Crippen molar-refractivity contribution in [3.8, 4) is 17.4 Å². The minimum atomic E-state index is -0.891. The summed E-state index contributed by atoms with van der Waals surface area (Å²) in [6, 6.07) is 8.74. The van der Waals surface area contributed by atoms with E-state index in [1.165, 1.54) is 30.3 Å². The van der Waals surface area contributed by atoms with Gasteiger partial charge in [0.1, 0.15) is 23.2 Å². The first kappa shape index (κ1) is 15.3. The van der Waals surface area contributed by atoms with Crippen molar-refractivity contribution in [1.29, 1.82) is 5.26 Å². The molecule has 1 aromatic carbocycles. The lowest BCUT2D eigenvalue weighted by molar-refractivity contribution is -0.384. The van der Waals surface area contributed by atoms with Gasteiger partial charge in [0.15, 0.2) is 0 Å². The molecule has 0 radical (unpaired) electrons. The van der Waals surface area contributed by atoms with Crippen molar-refractivity contribution >= 4 is 29.3 Å². The highest BCUT2D eigenvalue weighted by Crippen LogP contribution is 2.33. The predicted octanol–water partition coefficient (Wildman–Crippen LogP) is 2.90. The normalized spacial score (nSPS) is 11.0. The van der Waals surface area contributed by atoms with Crippen LogP contribution >= 0.6 is 11.6 Å². The van der Waals surface area contributed by atoms with Crippen LogP contribution in [0.25, 0.3) is 17.4 Å². The molecule has 2 aromatic rings. The van der Waals surface area contributed by atoms with Crippen LogP contribution in [0, 0.1) is 21.4 Å². The first-order valence-corrected chi connectivity index (χ1v) is 6.26. The summed E-state index contributed by atoms with van der Waals surface area (Å²) >= 11 is 5.74. The van der Waals surface area contributed by atoms with Gasteiger partial charge in [-0.3, -0.25) is 14.9 Å². The van der Waals surface area contributed by atoms with E-state index in [1.54, 1.807) is 6.07 Å². The largest absolute Gasteiger partial charge is 0.456 e. The number of carbonyl (C=O) groups is 1. The molecule has 8 heteroatoms. The first-order valence-electron chi connectivity index (χ1n) is 5.88. The van der Waals surface area contributed by atoms with E-state index in [1.807, 2.05) is 0 Å². The predicted molar refractivity (Wildman–Crippen MR) is 78.6 cm³/mol. The molecule has 1 aromatic heterocycles. The van der Waals surface area contributed by atoms with Gasteiger partial charge in [0.05, 0.1) is 10.5 Å². The number of hydrogen-bond acceptors (Lipinski definition) is 5. The highest BCUT2D eigenvalue weighted by atomic mass is 35.5. The van der Waals surface area contributed by atoms with E-state index in [0.717, 1.165) is 6.08 Å². The number of furan rings is 1. The van der Waals surface area contributed by atoms with Gasteiger partial charge in [-0.25, -0.2) is 0 Å². The summed E-state index contributed by atoms with van der Waals surface area (Å²) in [5, 5.41) is 20.0. The van der Waals surface area contributed by atoms with Crippen molar-refractivity contribution in [3.05, 3.63) is 56.8 Å². The van der Waals surface area contributed by atoms with Gasteiger partial charge < -0.3 is 10.2 Å². The van der Waals surface area contributed by atoms with E-state index in [0.29, 0.717) is 0 Å². The zero-order valence-corrected chi connectivity index (χ0v) is 11.7. The molecule has 7 nitrogen and oxygen atoms in total. The zero-order valence-electron chi connectivity index (χ0n) is 10.9. The number of halogens is 1. The summed E-state index contributed by atoms with van der Waals surface area (Å²) in [5.41, 5.74) is 4.75. The Morgan fingerprint density at radius 2 is 2.14 bits per heavy atom. The summed E-state index contributed by atoms with van der Waals surface area (Å²) in [6.45, 7) is 0. The van der Waals surface area contributed by atoms with Crippen molar-refractivity contribution in [2.24, 2.45) is 5.73 Å². The number of nitro benzene ring substituents is 1. The molecule has 0 saturated heterocycles. The van der Waals surface area contributed by atoms with E-state index in [9.17, 15) is 14.9 Å². The molecule has 0 fully saturated rings. The molecule has 0 aliphatic rings. The summed E-state index contributed by atoms with van der Waals surface area (Å²) in [4.78, 5) is 21.5. The third-order valence-electron chi connectivity index (χ3n) is 2.72. The average molecular weight is 318 g/mol. The van der Waals surface area contributed by atoms with E-state index in [2.05, 4.69) is 0 Å². The van der Waals surface area contributed by atoms with Gasteiger partial charge in [-0.1, -0.05) is 11.6 Å². The lowest BCUT2D eigenvalue weighted by Crippen LogP contribution is -2.12. The number of nitriles is 1. The maximum absolute atomic E-state index is 11.1. The van der Waals surface area contributed by atoms with Gasteiger partial charge in [-0.15, -0.1) is 0 Å². The third kappa shape index (κ3) is 3.13. The molecular formula is C14H8ClN3O4. The Morgan fingerprint density at radius 3 is 2.73 bits per heavy atom. The number of nitrogens with zero attached hydrogens (tertiary/aromatic N) is 2. The van der Waals surface area contributed by atoms with Gasteiger partial charge >= 0.3 is 0 Å². The number of primary amides is 1. The number of amides is 1. The summed E-state index contributed by atoms with van der Waals surface area (Å²) < 4.78 is 5.40.